The summed E-state index contributed by atoms with van der Waals surface area (Å²) in [6, 6.07) is 9.32. The number of halogens is 1. The van der Waals surface area contributed by atoms with E-state index in [4.69, 9.17) is 11.6 Å². The minimum absolute atomic E-state index is 0.488. The number of likely N-dealkylation sites (tertiary alicyclic amines) is 1. The van der Waals surface area contributed by atoms with Crippen LogP contribution in [-0.4, -0.2) is 22.5 Å². The summed E-state index contributed by atoms with van der Waals surface area (Å²) >= 11 is 7.57. The molecule has 1 aliphatic rings. The molecule has 0 saturated carbocycles. The van der Waals surface area contributed by atoms with E-state index in [0.29, 0.717) is 11.9 Å². The van der Waals surface area contributed by atoms with Gasteiger partial charge in [-0.15, -0.1) is 22.9 Å². The minimum Gasteiger partial charge on any atom is -0.296 e. The van der Waals surface area contributed by atoms with Gasteiger partial charge in [-0.25, -0.2) is 4.98 Å². The summed E-state index contributed by atoms with van der Waals surface area (Å²) in [6.45, 7) is 4.57. The molecule has 112 valence electrons. The average molecular weight is 321 g/mol. The first-order valence-corrected chi connectivity index (χ1v) is 9.02. The Balaban J connectivity index is 1.85. The Morgan fingerprint density at radius 2 is 2.19 bits per heavy atom. The van der Waals surface area contributed by atoms with Crippen molar-refractivity contribution in [3.05, 3.63) is 40.9 Å². The molecule has 3 rings (SSSR count). The van der Waals surface area contributed by atoms with Crippen LogP contribution in [0.15, 0.2) is 29.6 Å². The predicted octanol–water partition coefficient (Wildman–Crippen LogP) is 4.92. The number of nitrogens with zero attached hydrogens (tertiary/aromatic N) is 2. The smallest absolute Gasteiger partial charge is 0.123 e. The van der Waals surface area contributed by atoms with E-state index in [1.165, 1.54) is 36.9 Å². The Bertz CT molecular complexity index is 596. The standard InChI is InChI=1S/C17H21ClN2S/c1-13-6-4-5-9-20(13)11-14-7-2-3-8-16(14)17-19-15(10-18)12-21-17/h2-3,7-8,12-13H,4-6,9-11H2,1H3. The number of piperidine rings is 1. The molecule has 0 N–H and O–H groups in total. The summed E-state index contributed by atoms with van der Waals surface area (Å²) in [5.74, 6) is 0.488. The Kier molecular flexibility index (Phi) is 4.94. The van der Waals surface area contributed by atoms with E-state index in [2.05, 4.69) is 46.5 Å². The summed E-state index contributed by atoms with van der Waals surface area (Å²) in [4.78, 5) is 7.24. The third kappa shape index (κ3) is 3.47. The molecule has 2 heterocycles. The number of rotatable bonds is 4. The number of alkyl halides is 1. The second kappa shape index (κ2) is 6.91. The molecule has 0 amide bonds. The molecular formula is C17H21ClN2S. The number of hydrogen-bond donors (Lipinski definition) is 0. The Morgan fingerprint density at radius 1 is 1.33 bits per heavy atom. The van der Waals surface area contributed by atoms with Gasteiger partial charge in [0.15, 0.2) is 0 Å². The maximum atomic E-state index is 5.88. The van der Waals surface area contributed by atoms with Gasteiger partial charge < -0.3 is 0 Å². The van der Waals surface area contributed by atoms with Crippen LogP contribution in [0.4, 0.5) is 0 Å². The van der Waals surface area contributed by atoms with Crippen molar-refractivity contribution in [1.29, 1.82) is 0 Å². The highest BCUT2D eigenvalue weighted by atomic mass is 35.5. The lowest BCUT2D eigenvalue weighted by Gasteiger charge is -2.33. The lowest BCUT2D eigenvalue weighted by molar-refractivity contribution is 0.153. The van der Waals surface area contributed by atoms with Crippen LogP contribution in [0, 0.1) is 0 Å². The van der Waals surface area contributed by atoms with Gasteiger partial charge in [0.2, 0.25) is 0 Å². The van der Waals surface area contributed by atoms with E-state index in [9.17, 15) is 0 Å². The van der Waals surface area contributed by atoms with Crippen molar-refractivity contribution < 1.29 is 0 Å². The van der Waals surface area contributed by atoms with Crippen LogP contribution in [0.5, 0.6) is 0 Å². The number of aromatic nitrogens is 1. The Hall–Kier alpha value is -0.900. The Morgan fingerprint density at radius 3 is 2.95 bits per heavy atom. The molecule has 1 aromatic carbocycles. The molecule has 21 heavy (non-hydrogen) atoms. The summed E-state index contributed by atoms with van der Waals surface area (Å²) in [5, 5.41) is 3.15. The van der Waals surface area contributed by atoms with Gasteiger partial charge in [0, 0.05) is 23.5 Å². The van der Waals surface area contributed by atoms with Gasteiger partial charge in [0.05, 0.1) is 11.6 Å². The van der Waals surface area contributed by atoms with Crippen molar-refractivity contribution in [3.63, 3.8) is 0 Å². The third-order valence-electron chi connectivity index (χ3n) is 4.25. The maximum absolute atomic E-state index is 5.88. The number of benzene rings is 1. The van der Waals surface area contributed by atoms with Crippen LogP contribution in [0.3, 0.4) is 0 Å². The Labute approximate surface area is 135 Å². The fourth-order valence-electron chi connectivity index (χ4n) is 2.97. The SMILES string of the molecule is CC1CCCCN1Cc1ccccc1-c1nc(CCl)cs1. The molecular weight excluding hydrogens is 300 g/mol. The first-order chi connectivity index (χ1) is 10.3. The minimum atomic E-state index is 0.488. The zero-order chi connectivity index (χ0) is 14.7. The highest BCUT2D eigenvalue weighted by Crippen LogP contribution is 2.29. The van der Waals surface area contributed by atoms with Crippen LogP contribution in [0.2, 0.25) is 0 Å². The number of hydrogen-bond acceptors (Lipinski definition) is 3. The highest BCUT2D eigenvalue weighted by molar-refractivity contribution is 7.13. The van der Waals surface area contributed by atoms with E-state index >= 15 is 0 Å². The van der Waals surface area contributed by atoms with E-state index in [1.54, 1.807) is 11.3 Å². The molecule has 1 atom stereocenters. The molecule has 1 fully saturated rings. The molecule has 0 spiro atoms. The molecule has 2 aromatic rings. The van der Waals surface area contributed by atoms with Gasteiger partial charge in [-0.2, -0.15) is 0 Å². The van der Waals surface area contributed by atoms with Gasteiger partial charge in [-0.3, -0.25) is 4.90 Å². The van der Waals surface area contributed by atoms with Crippen LogP contribution >= 0.6 is 22.9 Å². The molecule has 0 bridgehead atoms. The molecule has 1 aromatic heterocycles. The zero-order valence-electron chi connectivity index (χ0n) is 12.4. The van der Waals surface area contributed by atoms with Gasteiger partial charge in [-0.05, 0) is 31.9 Å². The average Bonchev–Trinajstić information content (AvgIpc) is 2.99. The largest absolute Gasteiger partial charge is 0.296 e. The van der Waals surface area contributed by atoms with Crippen LogP contribution < -0.4 is 0 Å². The third-order valence-corrected chi connectivity index (χ3v) is 5.45. The van der Waals surface area contributed by atoms with E-state index in [1.807, 2.05) is 0 Å². The van der Waals surface area contributed by atoms with E-state index in [-0.39, 0.29) is 0 Å². The zero-order valence-corrected chi connectivity index (χ0v) is 14.0. The molecule has 1 saturated heterocycles. The summed E-state index contributed by atoms with van der Waals surface area (Å²) in [7, 11) is 0. The lowest BCUT2D eigenvalue weighted by atomic mass is 10.0. The maximum Gasteiger partial charge on any atom is 0.123 e. The van der Waals surface area contributed by atoms with Crippen LogP contribution in [0.1, 0.15) is 37.4 Å². The number of thiazole rings is 1. The molecule has 1 unspecified atom stereocenters. The lowest BCUT2D eigenvalue weighted by Crippen LogP contribution is -2.36. The summed E-state index contributed by atoms with van der Waals surface area (Å²) < 4.78 is 0. The van der Waals surface area contributed by atoms with Crippen molar-refractivity contribution in [2.24, 2.45) is 0 Å². The quantitative estimate of drug-likeness (QED) is 0.743. The molecule has 1 aliphatic heterocycles. The van der Waals surface area contributed by atoms with Crippen LogP contribution in [0.25, 0.3) is 10.6 Å². The molecule has 0 aliphatic carbocycles. The van der Waals surface area contributed by atoms with Crippen LogP contribution in [-0.2, 0) is 12.4 Å². The summed E-state index contributed by atoms with van der Waals surface area (Å²) in [6.07, 6.45) is 4.00. The van der Waals surface area contributed by atoms with Gasteiger partial charge in [-0.1, -0.05) is 30.7 Å². The fraction of sp³-hybridized carbons (Fsp3) is 0.471. The first-order valence-electron chi connectivity index (χ1n) is 7.60. The van der Waals surface area contributed by atoms with Gasteiger partial charge >= 0.3 is 0 Å². The summed E-state index contributed by atoms with van der Waals surface area (Å²) in [5.41, 5.74) is 3.61. The fourth-order valence-corrected chi connectivity index (χ4v) is 4.08. The molecule has 2 nitrogen and oxygen atoms in total. The highest BCUT2D eigenvalue weighted by Gasteiger charge is 2.19. The monoisotopic (exact) mass is 320 g/mol. The topological polar surface area (TPSA) is 16.1 Å². The second-order valence-electron chi connectivity index (χ2n) is 5.75. The van der Waals surface area contributed by atoms with Gasteiger partial charge in [0.1, 0.15) is 5.01 Å². The first kappa shape index (κ1) is 15.0. The predicted molar refractivity (Wildman–Crippen MR) is 90.8 cm³/mol. The second-order valence-corrected chi connectivity index (χ2v) is 6.88. The normalized spacial score (nSPS) is 19.8. The van der Waals surface area contributed by atoms with Gasteiger partial charge in [0.25, 0.3) is 0 Å². The van der Waals surface area contributed by atoms with Crippen molar-refractivity contribution in [1.82, 2.24) is 9.88 Å². The van der Waals surface area contributed by atoms with Crippen molar-refractivity contribution in [2.75, 3.05) is 6.54 Å². The van der Waals surface area contributed by atoms with E-state index < -0.39 is 0 Å². The van der Waals surface area contributed by atoms with Crippen molar-refractivity contribution in [3.8, 4) is 10.6 Å². The van der Waals surface area contributed by atoms with Crippen molar-refractivity contribution in [2.45, 2.75) is 44.7 Å². The molecule has 0 radical (unpaired) electrons. The van der Waals surface area contributed by atoms with E-state index in [0.717, 1.165) is 17.2 Å². The van der Waals surface area contributed by atoms with Crippen molar-refractivity contribution >= 4 is 22.9 Å². The molecule has 4 heteroatoms.